The molecule has 0 unspecified atom stereocenters. The van der Waals surface area contributed by atoms with Crippen LogP contribution in [-0.2, 0) is 4.79 Å². The molecule has 6 nitrogen and oxygen atoms in total. The molecule has 1 aromatic carbocycles. The molecular formula is C19H18N4O2. The van der Waals surface area contributed by atoms with Crippen molar-refractivity contribution in [2.24, 2.45) is 5.41 Å². The molecule has 0 spiro atoms. The third-order valence-electron chi connectivity index (χ3n) is 3.53. The van der Waals surface area contributed by atoms with Gasteiger partial charge in [-0.3, -0.25) is 4.79 Å². The smallest absolute Gasteiger partial charge is 0.230 e. The lowest BCUT2D eigenvalue weighted by atomic mass is 9.96. The molecule has 2 aliphatic rings. The number of hydrogen-bond donors (Lipinski definition) is 2. The monoisotopic (exact) mass is 334 g/mol. The number of aromatic nitrogens is 3. The van der Waals surface area contributed by atoms with Gasteiger partial charge in [-0.2, -0.15) is 0 Å². The number of hydrogen-bond acceptors (Lipinski definition) is 4. The maximum Gasteiger partial charge on any atom is 0.230 e. The number of carbonyl (C=O) groups excluding carboxylic acids is 1. The highest BCUT2D eigenvalue weighted by atomic mass is 16.3. The topological polar surface area (TPSA) is 80.0 Å². The van der Waals surface area contributed by atoms with Gasteiger partial charge in [-0.1, -0.05) is 39.0 Å². The fourth-order valence-corrected chi connectivity index (χ4v) is 2.06. The molecule has 0 atom stereocenters. The van der Waals surface area contributed by atoms with E-state index >= 15 is 0 Å². The summed E-state index contributed by atoms with van der Waals surface area (Å²) in [5.41, 5.74) is 0.712. The van der Waals surface area contributed by atoms with Crippen molar-refractivity contribution in [3.05, 3.63) is 48.3 Å². The van der Waals surface area contributed by atoms with Crippen LogP contribution in [0.15, 0.2) is 42.7 Å². The van der Waals surface area contributed by atoms with E-state index in [0.29, 0.717) is 17.2 Å². The van der Waals surface area contributed by atoms with Crippen LogP contribution in [0, 0.1) is 17.4 Å². The van der Waals surface area contributed by atoms with Gasteiger partial charge in [0.15, 0.2) is 5.82 Å². The average Bonchev–Trinajstić information content (AvgIpc) is 2.98. The Labute approximate surface area is 145 Å². The summed E-state index contributed by atoms with van der Waals surface area (Å²) in [5.74, 6) is 3.42. The van der Waals surface area contributed by atoms with E-state index in [9.17, 15) is 9.90 Å². The summed E-state index contributed by atoms with van der Waals surface area (Å²) in [6.07, 6.45) is 1.40. The first-order valence-corrected chi connectivity index (χ1v) is 7.80. The number of rotatable bonds is 1. The second-order valence-electron chi connectivity index (χ2n) is 6.62. The first-order chi connectivity index (χ1) is 11.8. The summed E-state index contributed by atoms with van der Waals surface area (Å²) in [7, 11) is 0. The van der Waals surface area contributed by atoms with E-state index < -0.39 is 5.41 Å². The fourth-order valence-electron chi connectivity index (χ4n) is 2.06. The zero-order chi connectivity index (χ0) is 18.0. The van der Waals surface area contributed by atoms with Crippen LogP contribution >= 0.6 is 0 Å². The van der Waals surface area contributed by atoms with Gasteiger partial charge in [0.05, 0.1) is 5.56 Å². The Morgan fingerprint density at radius 2 is 1.96 bits per heavy atom. The lowest BCUT2D eigenvalue weighted by Gasteiger charge is -2.16. The van der Waals surface area contributed by atoms with E-state index in [1.165, 1.54) is 10.9 Å². The van der Waals surface area contributed by atoms with Crippen LogP contribution in [0.1, 0.15) is 26.3 Å². The zero-order valence-corrected chi connectivity index (χ0v) is 14.2. The van der Waals surface area contributed by atoms with Gasteiger partial charge in [0, 0.05) is 17.0 Å². The standard InChI is InChI=1S/C19H18N4O2/c1-19(2,3)18(25)22-15-11-14-16(21-15)20-12-23(17(14)24)10-9-13-7-5-4-6-8-13/h4-8,11-12,24H,1-3H3,(H,22,25). The predicted octanol–water partition coefficient (Wildman–Crippen LogP) is 2.93. The van der Waals surface area contributed by atoms with Crippen molar-refractivity contribution in [3.8, 4) is 29.2 Å². The summed E-state index contributed by atoms with van der Waals surface area (Å²) in [4.78, 5) is 20.5. The molecule has 3 rings (SSSR count). The summed E-state index contributed by atoms with van der Waals surface area (Å²) < 4.78 is 1.33. The lowest BCUT2D eigenvalue weighted by Crippen LogP contribution is -2.27. The maximum absolute atomic E-state index is 12.1. The molecule has 2 N–H and O–H groups in total. The van der Waals surface area contributed by atoms with Crippen molar-refractivity contribution >= 4 is 11.7 Å². The predicted molar refractivity (Wildman–Crippen MR) is 95.1 cm³/mol. The molecule has 126 valence electrons. The highest BCUT2D eigenvalue weighted by Crippen LogP contribution is 2.31. The van der Waals surface area contributed by atoms with Gasteiger partial charge >= 0.3 is 0 Å². The second kappa shape index (κ2) is 6.29. The number of anilines is 1. The molecule has 0 radical (unpaired) electrons. The summed E-state index contributed by atoms with van der Waals surface area (Å²) in [6, 6.07) is 13.9. The highest BCUT2D eigenvalue weighted by molar-refractivity contribution is 5.94. The SMILES string of the molecule is CC(C)(C)C(=O)Nc1cc2c(O)n(C#Cc3ccccc3)cnc-2n1. The Hall–Kier alpha value is -3.33. The van der Waals surface area contributed by atoms with E-state index in [1.807, 2.05) is 51.1 Å². The molecular weight excluding hydrogens is 316 g/mol. The van der Waals surface area contributed by atoms with E-state index in [1.54, 1.807) is 6.07 Å². The van der Waals surface area contributed by atoms with E-state index in [4.69, 9.17) is 0 Å². The van der Waals surface area contributed by atoms with Gasteiger partial charge in [0.2, 0.25) is 11.8 Å². The third-order valence-corrected chi connectivity index (χ3v) is 3.53. The largest absolute Gasteiger partial charge is 0.493 e. The van der Waals surface area contributed by atoms with E-state index in [0.717, 1.165) is 5.56 Å². The Bertz CT molecular complexity index is 943. The van der Waals surface area contributed by atoms with Crippen LogP contribution in [0.2, 0.25) is 0 Å². The minimum absolute atomic E-state index is 0.0720. The minimum atomic E-state index is -0.540. The number of benzene rings is 1. The average molecular weight is 334 g/mol. The molecule has 2 aliphatic heterocycles. The van der Waals surface area contributed by atoms with Gasteiger partial charge < -0.3 is 10.4 Å². The number of nitrogens with one attached hydrogen (secondary N) is 1. The third kappa shape index (κ3) is 3.61. The quantitative estimate of drug-likeness (QED) is 0.671. The molecule has 0 bridgehead atoms. The number of amides is 1. The number of nitrogens with zero attached hydrogens (tertiary/aromatic N) is 3. The van der Waals surface area contributed by atoms with Crippen molar-refractivity contribution in [1.82, 2.24) is 14.5 Å². The van der Waals surface area contributed by atoms with Crippen LogP contribution in [0.4, 0.5) is 5.82 Å². The first-order valence-electron chi connectivity index (χ1n) is 7.80. The number of aromatic hydroxyl groups is 1. The molecule has 1 aromatic rings. The van der Waals surface area contributed by atoms with Gasteiger partial charge in [0.25, 0.3) is 0 Å². The van der Waals surface area contributed by atoms with Gasteiger partial charge in [0.1, 0.15) is 12.1 Å². The maximum atomic E-state index is 12.1. The van der Waals surface area contributed by atoms with Gasteiger partial charge in [-0.25, -0.2) is 14.5 Å². The van der Waals surface area contributed by atoms with Gasteiger partial charge in [-0.15, -0.1) is 0 Å². The molecule has 6 heteroatoms. The van der Waals surface area contributed by atoms with E-state index in [2.05, 4.69) is 27.2 Å². The molecule has 0 fully saturated rings. The van der Waals surface area contributed by atoms with Crippen molar-refractivity contribution in [2.75, 3.05) is 5.32 Å². The number of carbonyl (C=O) groups is 1. The molecule has 0 aromatic heterocycles. The molecule has 25 heavy (non-hydrogen) atoms. The molecule has 0 saturated carbocycles. The summed E-state index contributed by atoms with van der Waals surface area (Å²) in [5, 5.41) is 13.1. The Morgan fingerprint density at radius 1 is 1.24 bits per heavy atom. The molecule has 0 aliphatic carbocycles. The zero-order valence-electron chi connectivity index (χ0n) is 14.2. The van der Waals surface area contributed by atoms with Crippen LogP contribution < -0.4 is 5.32 Å². The van der Waals surface area contributed by atoms with Crippen LogP contribution in [-0.4, -0.2) is 25.5 Å². The van der Waals surface area contributed by atoms with Crippen LogP contribution in [0.5, 0.6) is 5.88 Å². The highest BCUT2D eigenvalue weighted by Gasteiger charge is 2.24. The van der Waals surface area contributed by atoms with Crippen LogP contribution in [0.3, 0.4) is 0 Å². The van der Waals surface area contributed by atoms with Crippen molar-refractivity contribution in [1.29, 1.82) is 0 Å². The molecule has 1 amide bonds. The minimum Gasteiger partial charge on any atom is -0.493 e. The van der Waals surface area contributed by atoms with Crippen molar-refractivity contribution in [3.63, 3.8) is 0 Å². The van der Waals surface area contributed by atoms with Crippen LogP contribution in [0.25, 0.3) is 11.4 Å². The fraction of sp³-hybridized carbons (Fsp3) is 0.211. The van der Waals surface area contributed by atoms with Crippen molar-refractivity contribution in [2.45, 2.75) is 20.8 Å². The number of fused-ring (bicyclic) bond motifs is 1. The lowest BCUT2D eigenvalue weighted by molar-refractivity contribution is -0.123. The molecule has 0 saturated heterocycles. The Morgan fingerprint density at radius 3 is 2.64 bits per heavy atom. The van der Waals surface area contributed by atoms with Crippen molar-refractivity contribution < 1.29 is 9.90 Å². The summed E-state index contributed by atoms with van der Waals surface area (Å²) in [6.45, 7) is 5.44. The second-order valence-corrected chi connectivity index (χ2v) is 6.62. The van der Waals surface area contributed by atoms with Gasteiger partial charge in [-0.05, 0) is 24.1 Å². The Kier molecular flexibility index (Phi) is 4.15. The first kappa shape index (κ1) is 16.5. The Balaban J connectivity index is 1.92. The van der Waals surface area contributed by atoms with E-state index in [-0.39, 0.29) is 11.8 Å². The normalized spacial score (nSPS) is 11.0. The molecule has 2 heterocycles. The summed E-state index contributed by atoms with van der Waals surface area (Å²) >= 11 is 0.